The SMILES string of the molecule is O=C(/C=C/c1ccc(F)c(Cl)c1)NNC(=O)c1ccc([N+](=O)[O-])cc1. The fourth-order valence-corrected chi connectivity index (χ4v) is 1.94. The summed E-state index contributed by atoms with van der Waals surface area (Å²) in [5.74, 6) is -1.84. The van der Waals surface area contributed by atoms with Crippen molar-refractivity contribution in [1.29, 1.82) is 0 Å². The van der Waals surface area contributed by atoms with E-state index in [1.165, 1.54) is 42.5 Å². The zero-order valence-electron chi connectivity index (χ0n) is 12.5. The average Bonchev–Trinajstić information content (AvgIpc) is 2.60. The highest BCUT2D eigenvalue weighted by molar-refractivity contribution is 6.30. The fraction of sp³-hybridized carbons (Fsp3) is 0. The number of benzene rings is 2. The summed E-state index contributed by atoms with van der Waals surface area (Å²) in [4.78, 5) is 33.4. The third kappa shape index (κ3) is 5.11. The van der Waals surface area contributed by atoms with Gasteiger partial charge in [0.2, 0.25) is 0 Å². The zero-order chi connectivity index (χ0) is 18.4. The summed E-state index contributed by atoms with van der Waals surface area (Å²) in [5, 5.41) is 10.5. The van der Waals surface area contributed by atoms with E-state index >= 15 is 0 Å². The molecule has 0 aliphatic rings. The van der Waals surface area contributed by atoms with Gasteiger partial charge in [0.15, 0.2) is 0 Å². The number of nitrogens with one attached hydrogen (secondary N) is 2. The molecule has 2 aromatic carbocycles. The molecule has 25 heavy (non-hydrogen) atoms. The van der Waals surface area contributed by atoms with Crippen molar-refractivity contribution < 1.29 is 18.9 Å². The number of hydrazine groups is 1. The van der Waals surface area contributed by atoms with Crippen LogP contribution < -0.4 is 10.9 Å². The van der Waals surface area contributed by atoms with Crippen molar-refractivity contribution in [2.45, 2.75) is 0 Å². The number of nitro groups is 1. The smallest absolute Gasteiger partial charge is 0.268 e. The summed E-state index contributed by atoms with van der Waals surface area (Å²) in [6.07, 6.45) is 2.51. The van der Waals surface area contributed by atoms with Gasteiger partial charge in [-0.1, -0.05) is 17.7 Å². The number of halogens is 2. The monoisotopic (exact) mass is 363 g/mol. The van der Waals surface area contributed by atoms with E-state index in [0.717, 1.165) is 12.1 Å². The Morgan fingerprint density at radius 3 is 2.40 bits per heavy atom. The number of hydrogen-bond donors (Lipinski definition) is 2. The maximum Gasteiger partial charge on any atom is 0.269 e. The molecule has 2 aromatic rings. The molecule has 0 aromatic heterocycles. The van der Waals surface area contributed by atoms with Crippen LogP contribution in [0.5, 0.6) is 0 Å². The third-order valence-corrected chi connectivity index (χ3v) is 3.30. The van der Waals surface area contributed by atoms with Gasteiger partial charge in [0.1, 0.15) is 5.82 Å². The van der Waals surface area contributed by atoms with Gasteiger partial charge in [0.25, 0.3) is 17.5 Å². The second-order valence-corrected chi connectivity index (χ2v) is 5.16. The Morgan fingerprint density at radius 2 is 1.80 bits per heavy atom. The van der Waals surface area contributed by atoms with Gasteiger partial charge in [0.05, 0.1) is 9.95 Å². The topological polar surface area (TPSA) is 101 Å². The van der Waals surface area contributed by atoms with Crippen LogP contribution in [-0.4, -0.2) is 16.7 Å². The van der Waals surface area contributed by atoms with Crippen molar-refractivity contribution in [3.8, 4) is 0 Å². The molecule has 0 heterocycles. The molecular formula is C16H11ClFN3O4. The zero-order valence-corrected chi connectivity index (χ0v) is 13.3. The Bertz CT molecular complexity index is 853. The van der Waals surface area contributed by atoms with E-state index in [1.807, 2.05) is 0 Å². The Hall–Kier alpha value is -3.26. The molecule has 0 bridgehead atoms. The summed E-state index contributed by atoms with van der Waals surface area (Å²) in [7, 11) is 0. The fourth-order valence-electron chi connectivity index (χ4n) is 1.75. The van der Waals surface area contributed by atoms with E-state index in [9.17, 15) is 24.1 Å². The Kier molecular flexibility index (Phi) is 5.80. The number of nitrogens with zero attached hydrogens (tertiary/aromatic N) is 1. The lowest BCUT2D eigenvalue weighted by Gasteiger charge is -2.05. The lowest BCUT2D eigenvalue weighted by Crippen LogP contribution is -2.40. The van der Waals surface area contributed by atoms with Gasteiger partial charge in [-0.2, -0.15) is 0 Å². The summed E-state index contributed by atoms with van der Waals surface area (Å²) in [6, 6.07) is 8.81. The van der Waals surface area contributed by atoms with Crippen LogP contribution in [0.25, 0.3) is 6.08 Å². The molecule has 0 saturated carbocycles. The first-order chi connectivity index (χ1) is 11.9. The van der Waals surface area contributed by atoms with Gasteiger partial charge >= 0.3 is 0 Å². The molecule has 0 atom stereocenters. The molecule has 0 aliphatic heterocycles. The van der Waals surface area contributed by atoms with Crippen molar-refractivity contribution in [2.24, 2.45) is 0 Å². The molecule has 7 nitrogen and oxygen atoms in total. The second kappa shape index (κ2) is 8.02. The summed E-state index contributed by atoms with van der Waals surface area (Å²) >= 11 is 5.62. The third-order valence-electron chi connectivity index (χ3n) is 3.01. The molecule has 2 N–H and O–H groups in total. The van der Waals surface area contributed by atoms with Crippen LogP contribution in [0.1, 0.15) is 15.9 Å². The van der Waals surface area contributed by atoms with E-state index in [1.54, 1.807) is 0 Å². The first-order valence-corrected chi connectivity index (χ1v) is 7.22. The molecule has 0 fully saturated rings. The first kappa shape index (κ1) is 18.1. The minimum atomic E-state index is -0.638. The highest BCUT2D eigenvalue weighted by Gasteiger charge is 2.09. The van der Waals surface area contributed by atoms with Crippen LogP contribution in [0.2, 0.25) is 5.02 Å². The number of rotatable bonds is 4. The number of non-ortho nitro benzene ring substituents is 1. The Balaban J connectivity index is 1.90. The lowest BCUT2D eigenvalue weighted by atomic mass is 10.2. The van der Waals surface area contributed by atoms with Crippen molar-refractivity contribution in [3.63, 3.8) is 0 Å². The van der Waals surface area contributed by atoms with Crippen molar-refractivity contribution in [3.05, 3.63) is 80.6 Å². The van der Waals surface area contributed by atoms with E-state index < -0.39 is 22.6 Å². The summed E-state index contributed by atoms with van der Waals surface area (Å²) in [6.45, 7) is 0. The average molecular weight is 364 g/mol. The van der Waals surface area contributed by atoms with Crippen molar-refractivity contribution >= 4 is 35.2 Å². The summed E-state index contributed by atoms with van der Waals surface area (Å²) < 4.78 is 13.0. The van der Waals surface area contributed by atoms with Crippen LogP contribution >= 0.6 is 11.6 Å². The van der Waals surface area contributed by atoms with E-state index in [0.29, 0.717) is 5.56 Å². The quantitative estimate of drug-likeness (QED) is 0.495. The van der Waals surface area contributed by atoms with Gasteiger partial charge in [-0.25, -0.2) is 4.39 Å². The minimum Gasteiger partial charge on any atom is -0.268 e. The molecule has 2 amide bonds. The number of hydrogen-bond acceptors (Lipinski definition) is 4. The van der Waals surface area contributed by atoms with Crippen LogP contribution in [0.15, 0.2) is 48.5 Å². The predicted molar refractivity (Wildman–Crippen MR) is 89.1 cm³/mol. The first-order valence-electron chi connectivity index (χ1n) is 6.85. The maximum absolute atomic E-state index is 13.0. The normalized spacial score (nSPS) is 10.5. The Labute approximate surface area is 146 Å². The van der Waals surface area contributed by atoms with Gasteiger partial charge < -0.3 is 0 Å². The molecule has 0 spiro atoms. The molecule has 2 rings (SSSR count). The van der Waals surface area contributed by atoms with Crippen LogP contribution in [0, 0.1) is 15.9 Å². The lowest BCUT2D eigenvalue weighted by molar-refractivity contribution is -0.384. The van der Waals surface area contributed by atoms with Gasteiger partial charge in [-0.3, -0.25) is 30.6 Å². The Morgan fingerprint density at radius 1 is 1.12 bits per heavy atom. The number of carbonyl (C=O) groups excluding carboxylic acids is 2. The largest absolute Gasteiger partial charge is 0.269 e. The van der Waals surface area contributed by atoms with Crippen molar-refractivity contribution in [2.75, 3.05) is 0 Å². The van der Waals surface area contributed by atoms with Gasteiger partial charge in [0, 0.05) is 23.8 Å². The maximum atomic E-state index is 13.0. The summed E-state index contributed by atoms with van der Waals surface area (Å²) in [5.41, 5.74) is 4.80. The molecular weight excluding hydrogens is 353 g/mol. The molecule has 0 radical (unpaired) electrons. The second-order valence-electron chi connectivity index (χ2n) is 4.75. The van der Waals surface area contributed by atoms with E-state index in [-0.39, 0.29) is 16.3 Å². The van der Waals surface area contributed by atoms with Crippen LogP contribution in [0.4, 0.5) is 10.1 Å². The molecule has 128 valence electrons. The van der Waals surface area contributed by atoms with Crippen molar-refractivity contribution in [1.82, 2.24) is 10.9 Å². The number of nitro benzene ring substituents is 1. The standard InChI is InChI=1S/C16H11ClFN3O4/c17-13-9-10(1-7-14(13)18)2-8-15(22)19-20-16(23)11-3-5-12(6-4-11)21(24)25/h1-9H,(H,19,22)(H,20,23)/b8-2+. The minimum absolute atomic E-state index is 0.0750. The molecule has 9 heteroatoms. The van der Waals surface area contributed by atoms with E-state index in [4.69, 9.17) is 11.6 Å². The van der Waals surface area contributed by atoms with Gasteiger partial charge in [-0.05, 0) is 35.9 Å². The van der Waals surface area contributed by atoms with Gasteiger partial charge in [-0.15, -0.1) is 0 Å². The predicted octanol–water partition coefficient (Wildman–Crippen LogP) is 2.86. The highest BCUT2D eigenvalue weighted by atomic mass is 35.5. The molecule has 0 aliphatic carbocycles. The van der Waals surface area contributed by atoms with Crippen LogP contribution in [-0.2, 0) is 4.79 Å². The van der Waals surface area contributed by atoms with Crippen LogP contribution in [0.3, 0.4) is 0 Å². The van der Waals surface area contributed by atoms with E-state index in [2.05, 4.69) is 10.9 Å². The highest BCUT2D eigenvalue weighted by Crippen LogP contribution is 2.16. The molecule has 0 unspecified atom stereocenters. The number of amides is 2. The number of carbonyl (C=O) groups is 2. The molecule has 0 saturated heterocycles.